The molecule has 3 aromatic rings. The Labute approximate surface area is 141 Å². The predicted molar refractivity (Wildman–Crippen MR) is 87.7 cm³/mol. The lowest BCUT2D eigenvalue weighted by Gasteiger charge is -2.16. The highest BCUT2D eigenvalue weighted by atomic mass is 19.1. The predicted octanol–water partition coefficient (Wildman–Crippen LogP) is 2.64. The first kappa shape index (κ1) is 16.4. The smallest absolute Gasteiger partial charge is 0.330 e. The maximum Gasteiger partial charge on any atom is 0.330 e. The van der Waals surface area contributed by atoms with Crippen molar-refractivity contribution in [1.82, 2.24) is 10.3 Å². The Morgan fingerprint density at radius 1 is 1.12 bits per heavy atom. The third-order valence-electron chi connectivity index (χ3n) is 3.74. The molecule has 0 saturated heterocycles. The molecule has 6 nitrogen and oxygen atoms in total. The van der Waals surface area contributed by atoms with Crippen molar-refractivity contribution in [2.75, 3.05) is 0 Å². The van der Waals surface area contributed by atoms with Crippen molar-refractivity contribution in [1.29, 1.82) is 0 Å². The molecule has 1 atom stereocenters. The molecule has 7 heteroatoms. The van der Waals surface area contributed by atoms with E-state index in [9.17, 15) is 24.2 Å². The molecular formula is C18H13FN2O4. The summed E-state index contributed by atoms with van der Waals surface area (Å²) in [5, 5.41) is 21.8. The molecule has 1 amide bonds. The maximum atomic E-state index is 13.8. The van der Waals surface area contributed by atoms with Gasteiger partial charge in [-0.1, -0.05) is 12.1 Å². The molecule has 0 aliphatic heterocycles. The number of carboxylic acid groups (broad SMARTS) is 1. The summed E-state index contributed by atoms with van der Waals surface area (Å²) in [6.07, 6.45) is 2.72. The van der Waals surface area contributed by atoms with Crippen molar-refractivity contribution in [3.05, 3.63) is 71.8 Å². The van der Waals surface area contributed by atoms with Gasteiger partial charge in [-0.05, 0) is 35.9 Å². The average Bonchev–Trinajstić information content (AvgIpc) is 2.59. The van der Waals surface area contributed by atoms with Gasteiger partial charge in [0.2, 0.25) is 0 Å². The Morgan fingerprint density at radius 2 is 1.92 bits per heavy atom. The van der Waals surface area contributed by atoms with Crippen molar-refractivity contribution in [2.24, 2.45) is 0 Å². The molecule has 3 rings (SSSR count). The monoisotopic (exact) mass is 340 g/mol. The molecule has 0 fully saturated rings. The number of carboxylic acids is 1. The molecule has 25 heavy (non-hydrogen) atoms. The van der Waals surface area contributed by atoms with Gasteiger partial charge < -0.3 is 15.5 Å². The van der Waals surface area contributed by atoms with Crippen LogP contribution in [0, 0.1) is 5.82 Å². The first-order valence-electron chi connectivity index (χ1n) is 7.32. The number of nitrogens with zero attached hydrogens (tertiary/aromatic N) is 1. The summed E-state index contributed by atoms with van der Waals surface area (Å²) in [5.74, 6) is -2.60. The van der Waals surface area contributed by atoms with E-state index in [1.54, 1.807) is 0 Å². The van der Waals surface area contributed by atoms with E-state index in [1.165, 1.54) is 48.8 Å². The number of benzene rings is 2. The fraction of sp³-hybridized carbons (Fsp3) is 0.0556. The molecule has 2 aromatic carbocycles. The molecule has 1 heterocycles. The lowest BCUT2D eigenvalue weighted by Crippen LogP contribution is -2.33. The van der Waals surface area contributed by atoms with Crippen molar-refractivity contribution < 1.29 is 24.2 Å². The van der Waals surface area contributed by atoms with Gasteiger partial charge in [-0.15, -0.1) is 0 Å². The van der Waals surface area contributed by atoms with Crippen LogP contribution in [-0.4, -0.2) is 27.1 Å². The van der Waals surface area contributed by atoms with Crippen LogP contribution in [0.5, 0.6) is 5.75 Å². The van der Waals surface area contributed by atoms with Gasteiger partial charge >= 0.3 is 5.97 Å². The minimum absolute atomic E-state index is 0.115. The third-order valence-corrected chi connectivity index (χ3v) is 3.74. The molecular weight excluding hydrogens is 327 g/mol. The average molecular weight is 340 g/mol. The number of carbonyl (C=O) groups is 2. The van der Waals surface area contributed by atoms with Crippen molar-refractivity contribution in [3.8, 4) is 5.75 Å². The second-order valence-electron chi connectivity index (χ2n) is 5.36. The number of phenols is 1. The number of hydrogen-bond donors (Lipinski definition) is 3. The maximum absolute atomic E-state index is 13.8. The molecule has 0 aliphatic rings. The second kappa shape index (κ2) is 6.56. The molecule has 1 unspecified atom stereocenters. The van der Waals surface area contributed by atoms with Gasteiger partial charge in [0.1, 0.15) is 11.6 Å². The van der Waals surface area contributed by atoms with Crippen LogP contribution in [0.25, 0.3) is 10.8 Å². The number of aliphatic carboxylic acids is 1. The lowest BCUT2D eigenvalue weighted by atomic mass is 10.0. The Balaban J connectivity index is 1.98. The molecule has 126 valence electrons. The largest absolute Gasteiger partial charge is 0.508 e. The third kappa shape index (κ3) is 3.25. The number of fused-ring (bicyclic) bond motifs is 1. The van der Waals surface area contributed by atoms with Crippen molar-refractivity contribution in [2.45, 2.75) is 6.04 Å². The van der Waals surface area contributed by atoms with E-state index in [2.05, 4.69) is 10.3 Å². The number of carbonyl (C=O) groups excluding carboxylic acids is 1. The van der Waals surface area contributed by atoms with Crippen LogP contribution >= 0.6 is 0 Å². The highest BCUT2D eigenvalue weighted by Gasteiger charge is 2.24. The van der Waals surface area contributed by atoms with E-state index in [-0.39, 0.29) is 22.3 Å². The molecule has 0 aliphatic carbocycles. The fourth-order valence-corrected chi connectivity index (χ4v) is 2.55. The number of aromatic hydroxyl groups is 1. The van der Waals surface area contributed by atoms with Gasteiger partial charge in [-0.25, -0.2) is 9.18 Å². The number of nitrogens with one attached hydrogen (secondary N) is 1. The number of halogens is 1. The summed E-state index contributed by atoms with van der Waals surface area (Å²) in [7, 11) is 0. The molecule has 0 spiro atoms. The van der Waals surface area contributed by atoms with Crippen LogP contribution in [0.3, 0.4) is 0 Å². The number of rotatable bonds is 4. The Bertz CT molecular complexity index is 974. The summed E-state index contributed by atoms with van der Waals surface area (Å²) in [6, 6.07) is 8.14. The van der Waals surface area contributed by atoms with Crippen LogP contribution < -0.4 is 5.32 Å². The molecule has 1 aromatic heterocycles. The van der Waals surface area contributed by atoms with Gasteiger partial charge in [-0.2, -0.15) is 0 Å². The number of pyridine rings is 1. The first-order valence-corrected chi connectivity index (χ1v) is 7.32. The van der Waals surface area contributed by atoms with Gasteiger partial charge in [0.05, 0.1) is 0 Å². The Hall–Kier alpha value is -3.48. The molecule has 0 radical (unpaired) electrons. The van der Waals surface area contributed by atoms with E-state index < -0.39 is 23.7 Å². The van der Waals surface area contributed by atoms with E-state index in [0.717, 1.165) is 6.07 Å². The first-order chi connectivity index (χ1) is 12.0. The highest BCUT2D eigenvalue weighted by molar-refractivity contribution is 6.07. The van der Waals surface area contributed by atoms with Gasteiger partial charge in [0, 0.05) is 28.7 Å². The van der Waals surface area contributed by atoms with E-state index in [4.69, 9.17) is 0 Å². The van der Waals surface area contributed by atoms with Gasteiger partial charge in [0.15, 0.2) is 6.04 Å². The summed E-state index contributed by atoms with van der Waals surface area (Å²) in [5.41, 5.74) is 0.346. The van der Waals surface area contributed by atoms with Crippen LogP contribution in [-0.2, 0) is 4.79 Å². The van der Waals surface area contributed by atoms with Crippen LogP contribution in [0.15, 0.2) is 54.9 Å². The highest BCUT2D eigenvalue weighted by Crippen LogP contribution is 2.23. The van der Waals surface area contributed by atoms with E-state index in [0.29, 0.717) is 5.39 Å². The quantitative estimate of drug-likeness (QED) is 0.678. The molecule has 3 N–H and O–H groups in total. The van der Waals surface area contributed by atoms with Crippen LogP contribution in [0.4, 0.5) is 4.39 Å². The number of phenolic OH excluding ortho intramolecular Hbond substituents is 1. The van der Waals surface area contributed by atoms with E-state index >= 15 is 0 Å². The number of aromatic nitrogens is 1. The summed E-state index contributed by atoms with van der Waals surface area (Å²) in [6.45, 7) is 0. The molecule has 0 saturated carbocycles. The van der Waals surface area contributed by atoms with E-state index in [1.807, 2.05) is 0 Å². The number of hydrogen-bond acceptors (Lipinski definition) is 4. The molecule has 0 bridgehead atoms. The zero-order chi connectivity index (χ0) is 18.0. The van der Waals surface area contributed by atoms with Crippen LogP contribution in [0.2, 0.25) is 0 Å². The summed E-state index contributed by atoms with van der Waals surface area (Å²) >= 11 is 0. The van der Waals surface area contributed by atoms with Gasteiger partial charge in [0.25, 0.3) is 5.91 Å². The zero-order valence-electron chi connectivity index (χ0n) is 12.8. The summed E-state index contributed by atoms with van der Waals surface area (Å²) in [4.78, 5) is 27.9. The standard InChI is InChI=1S/C18H13FN2O4/c19-15-5-4-13(12-6-7-20-9-14(12)15)17(23)21-16(18(24)25)10-2-1-3-11(22)8-10/h1-9,16,22H,(H,21,23)(H,24,25). The minimum Gasteiger partial charge on any atom is -0.508 e. The number of amides is 1. The summed E-state index contributed by atoms with van der Waals surface area (Å²) < 4.78 is 13.8. The Morgan fingerprint density at radius 3 is 2.64 bits per heavy atom. The van der Waals surface area contributed by atoms with Crippen molar-refractivity contribution >= 4 is 22.6 Å². The lowest BCUT2D eigenvalue weighted by molar-refractivity contribution is -0.139. The Kier molecular flexibility index (Phi) is 4.30. The second-order valence-corrected chi connectivity index (χ2v) is 5.36. The minimum atomic E-state index is -1.36. The van der Waals surface area contributed by atoms with Crippen LogP contribution in [0.1, 0.15) is 22.0 Å². The zero-order valence-corrected chi connectivity index (χ0v) is 12.8. The topological polar surface area (TPSA) is 99.5 Å². The van der Waals surface area contributed by atoms with Crippen molar-refractivity contribution in [3.63, 3.8) is 0 Å². The van der Waals surface area contributed by atoms with Gasteiger partial charge in [-0.3, -0.25) is 9.78 Å². The SMILES string of the molecule is O=C(NC(C(=O)O)c1cccc(O)c1)c1ccc(F)c2cnccc12. The fourth-order valence-electron chi connectivity index (χ4n) is 2.55. The normalized spacial score (nSPS) is 11.9.